The Kier molecular flexibility index (Phi) is 3.29. The lowest BCUT2D eigenvalue weighted by molar-refractivity contribution is -0.128. The van der Waals surface area contributed by atoms with Crippen LogP contribution in [0.2, 0.25) is 0 Å². The first-order valence-corrected chi connectivity index (χ1v) is 6.70. The molecule has 0 spiro atoms. The standard InChI is InChI=1S/C12H17BrO2/c1-7-5-10(14)8-3-2-4-9(8)12(13)11(15)6-7/h7-9,12H,2-6H2,1H3/t7-,8-,9-,12+/m1/s1. The predicted molar refractivity (Wildman–Crippen MR) is 62.0 cm³/mol. The highest BCUT2D eigenvalue weighted by atomic mass is 79.9. The van der Waals surface area contributed by atoms with Gasteiger partial charge >= 0.3 is 0 Å². The second-order valence-corrected chi connectivity index (χ2v) is 6.04. The van der Waals surface area contributed by atoms with Gasteiger partial charge in [0.05, 0.1) is 4.83 Å². The smallest absolute Gasteiger partial charge is 0.147 e. The molecule has 0 N–H and O–H groups in total. The molecule has 0 radical (unpaired) electrons. The molecule has 15 heavy (non-hydrogen) atoms. The van der Waals surface area contributed by atoms with Crippen molar-refractivity contribution < 1.29 is 9.59 Å². The molecule has 2 rings (SSSR count). The highest BCUT2D eigenvalue weighted by Crippen LogP contribution is 2.41. The molecular weight excluding hydrogens is 256 g/mol. The largest absolute Gasteiger partial charge is 0.299 e. The summed E-state index contributed by atoms with van der Waals surface area (Å²) in [4.78, 5) is 23.8. The Morgan fingerprint density at radius 1 is 1.13 bits per heavy atom. The zero-order valence-electron chi connectivity index (χ0n) is 9.04. The second kappa shape index (κ2) is 4.36. The normalized spacial score (nSPS) is 42.3. The third-order valence-electron chi connectivity index (χ3n) is 3.77. The molecule has 3 heteroatoms. The average molecular weight is 273 g/mol. The Morgan fingerprint density at radius 2 is 1.80 bits per heavy atom. The summed E-state index contributed by atoms with van der Waals surface area (Å²) in [6.45, 7) is 2.00. The molecule has 2 aliphatic carbocycles. The Balaban J connectivity index is 2.21. The molecule has 0 aromatic rings. The SMILES string of the molecule is C[C@H]1CC(=O)[C@@H](Br)[C@@H]2CCC[C@H]2C(=O)C1. The molecule has 0 saturated heterocycles. The molecule has 2 saturated carbocycles. The van der Waals surface area contributed by atoms with E-state index in [1.165, 1.54) is 0 Å². The molecule has 0 aromatic heterocycles. The van der Waals surface area contributed by atoms with Crippen LogP contribution >= 0.6 is 15.9 Å². The molecule has 0 amide bonds. The molecule has 2 aliphatic rings. The third-order valence-corrected chi connectivity index (χ3v) is 4.96. The van der Waals surface area contributed by atoms with E-state index < -0.39 is 0 Å². The molecular formula is C12H17BrO2. The Labute approximate surface area is 98.9 Å². The van der Waals surface area contributed by atoms with Crippen LogP contribution in [-0.4, -0.2) is 16.4 Å². The van der Waals surface area contributed by atoms with Crippen LogP contribution in [0.1, 0.15) is 39.0 Å². The summed E-state index contributed by atoms with van der Waals surface area (Å²) in [6.07, 6.45) is 4.29. The molecule has 0 aromatic carbocycles. The number of hydrogen-bond donors (Lipinski definition) is 0. The van der Waals surface area contributed by atoms with Crippen LogP contribution in [0.5, 0.6) is 0 Å². The summed E-state index contributed by atoms with van der Waals surface area (Å²) < 4.78 is 0. The molecule has 84 valence electrons. The average Bonchev–Trinajstić information content (AvgIpc) is 2.63. The Morgan fingerprint density at radius 3 is 2.53 bits per heavy atom. The van der Waals surface area contributed by atoms with Crippen LogP contribution < -0.4 is 0 Å². The number of fused-ring (bicyclic) bond motifs is 1. The van der Waals surface area contributed by atoms with E-state index in [0.29, 0.717) is 24.4 Å². The fraction of sp³-hybridized carbons (Fsp3) is 0.833. The molecule has 2 nitrogen and oxygen atoms in total. The minimum Gasteiger partial charge on any atom is -0.299 e. The number of Topliss-reactive ketones (excluding diaryl/α,β-unsaturated/α-hetero) is 2. The number of ketones is 2. The minimum atomic E-state index is -0.0725. The van der Waals surface area contributed by atoms with Crippen molar-refractivity contribution in [1.29, 1.82) is 0 Å². The van der Waals surface area contributed by atoms with Crippen LogP contribution in [0, 0.1) is 17.8 Å². The third kappa shape index (κ3) is 2.17. The predicted octanol–water partition coefficient (Wildman–Crippen LogP) is 2.73. The van der Waals surface area contributed by atoms with Crippen LogP contribution in [0.15, 0.2) is 0 Å². The van der Waals surface area contributed by atoms with Crippen molar-refractivity contribution in [2.45, 2.75) is 43.9 Å². The van der Waals surface area contributed by atoms with Crippen LogP contribution in [0.25, 0.3) is 0 Å². The first kappa shape index (κ1) is 11.3. The van der Waals surface area contributed by atoms with Crippen molar-refractivity contribution in [2.24, 2.45) is 17.8 Å². The number of halogens is 1. The van der Waals surface area contributed by atoms with Crippen molar-refractivity contribution >= 4 is 27.5 Å². The number of alkyl halides is 1. The summed E-state index contributed by atoms with van der Waals surface area (Å²) in [5.41, 5.74) is 0. The van der Waals surface area contributed by atoms with Gasteiger partial charge in [-0.25, -0.2) is 0 Å². The second-order valence-electron chi connectivity index (χ2n) is 5.05. The maximum Gasteiger partial charge on any atom is 0.147 e. The van der Waals surface area contributed by atoms with E-state index in [2.05, 4.69) is 15.9 Å². The van der Waals surface area contributed by atoms with Gasteiger partial charge in [0.15, 0.2) is 0 Å². The van der Waals surface area contributed by atoms with Gasteiger partial charge in [0.1, 0.15) is 11.6 Å². The van der Waals surface area contributed by atoms with E-state index in [1.807, 2.05) is 6.92 Å². The number of carbonyl (C=O) groups excluding carboxylic acids is 2. The van der Waals surface area contributed by atoms with Gasteiger partial charge in [0.2, 0.25) is 0 Å². The van der Waals surface area contributed by atoms with Gasteiger partial charge in [-0.2, -0.15) is 0 Å². The van der Waals surface area contributed by atoms with Crippen LogP contribution in [-0.2, 0) is 9.59 Å². The fourth-order valence-corrected chi connectivity index (χ4v) is 3.82. The summed E-state index contributed by atoms with van der Waals surface area (Å²) in [5, 5.41) is 0. The molecule has 0 unspecified atom stereocenters. The number of hydrogen-bond acceptors (Lipinski definition) is 2. The first-order chi connectivity index (χ1) is 7.09. The van der Waals surface area contributed by atoms with Gasteiger partial charge in [0, 0.05) is 18.8 Å². The molecule has 4 atom stereocenters. The zero-order chi connectivity index (χ0) is 11.0. The fourth-order valence-electron chi connectivity index (χ4n) is 3.00. The number of carbonyl (C=O) groups is 2. The van der Waals surface area contributed by atoms with Gasteiger partial charge in [-0.1, -0.05) is 29.3 Å². The zero-order valence-corrected chi connectivity index (χ0v) is 10.6. The Bertz CT molecular complexity index is 287. The van der Waals surface area contributed by atoms with E-state index in [4.69, 9.17) is 0 Å². The molecule has 2 fully saturated rings. The quantitative estimate of drug-likeness (QED) is 0.636. The van der Waals surface area contributed by atoms with Crippen molar-refractivity contribution in [3.8, 4) is 0 Å². The lowest BCUT2D eigenvalue weighted by atomic mass is 9.79. The van der Waals surface area contributed by atoms with E-state index >= 15 is 0 Å². The van der Waals surface area contributed by atoms with Gasteiger partial charge < -0.3 is 0 Å². The minimum absolute atomic E-state index is 0.0725. The molecule has 0 heterocycles. The van der Waals surface area contributed by atoms with E-state index in [-0.39, 0.29) is 22.6 Å². The van der Waals surface area contributed by atoms with Crippen LogP contribution in [0.4, 0.5) is 0 Å². The maximum absolute atomic E-state index is 12.0. The summed E-state index contributed by atoms with van der Waals surface area (Å²) in [5.74, 6) is 1.35. The molecule has 0 aliphatic heterocycles. The monoisotopic (exact) mass is 272 g/mol. The Hall–Kier alpha value is -0.180. The first-order valence-electron chi connectivity index (χ1n) is 5.79. The van der Waals surface area contributed by atoms with Gasteiger partial charge in [0.25, 0.3) is 0 Å². The van der Waals surface area contributed by atoms with Crippen molar-refractivity contribution in [3.63, 3.8) is 0 Å². The highest BCUT2D eigenvalue weighted by molar-refractivity contribution is 9.10. The topological polar surface area (TPSA) is 34.1 Å². The maximum atomic E-state index is 12.0. The van der Waals surface area contributed by atoms with E-state index in [0.717, 1.165) is 19.3 Å². The van der Waals surface area contributed by atoms with Gasteiger partial charge in [-0.05, 0) is 24.7 Å². The summed E-state index contributed by atoms with van der Waals surface area (Å²) >= 11 is 3.50. The lowest BCUT2D eigenvalue weighted by Crippen LogP contribution is -2.35. The summed E-state index contributed by atoms with van der Waals surface area (Å²) in [6, 6.07) is 0. The van der Waals surface area contributed by atoms with Gasteiger partial charge in [-0.3, -0.25) is 9.59 Å². The van der Waals surface area contributed by atoms with Crippen molar-refractivity contribution in [1.82, 2.24) is 0 Å². The van der Waals surface area contributed by atoms with E-state index in [9.17, 15) is 9.59 Å². The van der Waals surface area contributed by atoms with Crippen LogP contribution in [0.3, 0.4) is 0 Å². The van der Waals surface area contributed by atoms with E-state index in [1.54, 1.807) is 0 Å². The lowest BCUT2D eigenvalue weighted by Gasteiger charge is -2.27. The number of rotatable bonds is 0. The van der Waals surface area contributed by atoms with Crippen molar-refractivity contribution in [3.05, 3.63) is 0 Å². The summed E-state index contributed by atoms with van der Waals surface area (Å²) in [7, 11) is 0. The van der Waals surface area contributed by atoms with Gasteiger partial charge in [-0.15, -0.1) is 0 Å². The highest BCUT2D eigenvalue weighted by Gasteiger charge is 2.41. The molecule has 0 bridgehead atoms. The van der Waals surface area contributed by atoms with Crippen molar-refractivity contribution in [2.75, 3.05) is 0 Å².